The maximum Gasteiger partial charge on any atom is 0.330 e. The number of nitrogens with one attached hydrogen (secondary N) is 1. The topological polar surface area (TPSA) is 152 Å². The van der Waals surface area contributed by atoms with Crippen LogP contribution in [0, 0.1) is 4.64 Å². The fourth-order valence-corrected chi connectivity index (χ4v) is 2.72. The van der Waals surface area contributed by atoms with Gasteiger partial charge in [-0.2, -0.15) is 4.98 Å². The van der Waals surface area contributed by atoms with Crippen LogP contribution in [0.3, 0.4) is 0 Å². The number of aliphatic hydroxyl groups is 3. The molecule has 22 heavy (non-hydrogen) atoms. The van der Waals surface area contributed by atoms with Crippen LogP contribution < -0.4 is 11.4 Å². The largest absolute Gasteiger partial charge is 0.394 e. The summed E-state index contributed by atoms with van der Waals surface area (Å²) in [5.74, 6) is 0.0805. The van der Waals surface area contributed by atoms with Crippen molar-refractivity contribution < 1.29 is 20.1 Å². The number of nitrogens with two attached hydrogens (primary N) is 1. The zero-order valence-corrected chi connectivity index (χ0v) is 12.3. The zero-order valence-electron chi connectivity index (χ0n) is 11.5. The quantitative estimate of drug-likeness (QED) is 0.396. The number of imidazole rings is 1. The molecule has 6 N–H and O–H groups in total. The van der Waals surface area contributed by atoms with Crippen LogP contribution in [0.5, 0.6) is 0 Å². The van der Waals surface area contributed by atoms with Crippen molar-refractivity contribution in [3.05, 3.63) is 15.1 Å². The molecule has 0 aromatic carbocycles. The Labute approximate surface area is 128 Å². The molecular weight excluding hydrogens is 314 g/mol. The Bertz CT molecular complexity index is 842. The Morgan fingerprint density at radius 3 is 2.73 bits per heavy atom. The Morgan fingerprint density at radius 2 is 2.14 bits per heavy atom. The summed E-state index contributed by atoms with van der Waals surface area (Å²) in [5, 5.41) is 29.0. The number of nitrogens with zero attached hydrogens (tertiary/aromatic N) is 3. The summed E-state index contributed by atoms with van der Waals surface area (Å²) in [6.07, 6.45) is -4.94. The molecule has 0 amide bonds. The van der Waals surface area contributed by atoms with E-state index >= 15 is 0 Å². The summed E-state index contributed by atoms with van der Waals surface area (Å²) >= 11 is 5.20. The summed E-state index contributed by atoms with van der Waals surface area (Å²) < 4.78 is 8.08. The number of anilines is 1. The smallest absolute Gasteiger partial charge is 0.330 e. The third-order valence-corrected chi connectivity index (χ3v) is 4.23. The highest BCUT2D eigenvalue weighted by Crippen LogP contribution is 2.30. The first-order valence-electron chi connectivity index (χ1n) is 6.46. The van der Waals surface area contributed by atoms with Crippen molar-refractivity contribution in [3.63, 3.8) is 0 Å². The summed E-state index contributed by atoms with van der Waals surface area (Å²) in [6.45, 7) is -0.497. The minimum Gasteiger partial charge on any atom is -0.394 e. The number of aromatic amines is 1. The highest BCUT2D eigenvalue weighted by Gasteiger charge is 2.44. The van der Waals surface area contributed by atoms with Gasteiger partial charge in [0.15, 0.2) is 11.9 Å². The van der Waals surface area contributed by atoms with Gasteiger partial charge in [0.1, 0.15) is 28.5 Å². The van der Waals surface area contributed by atoms with Gasteiger partial charge in [-0.1, -0.05) is 12.2 Å². The molecule has 0 aliphatic carbocycles. The number of ether oxygens (including phenoxy) is 1. The molecule has 0 spiro atoms. The van der Waals surface area contributed by atoms with Gasteiger partial charge >= 0.3 is 5.69 Å². The first kappa shape index (κ1) is 15.1. The lowest BCUT2D eigenvalue weighted by Crippen LogP contribution is -2.35. The SMILES string of the molecule is Cn1c(N)nc2c([nH]c(=O)n2[C@H]2O[C@@H](CO)[C@@H](O)[C@H]2O)c1=S. The molecule has 0 bridgehead atoms. The van der Waals surface area contributed by atoms with Crippen LogP contribution in [0.4, 0.5) is 5.95 Å². The summed E-state index contributed by atoms with van der Waals surface area (Å²) in [5.41, 5.74) is 5.51. The Hall–Kier alpha value is -1.79. The molecule has 2 aromatic heterocycles. The van der Waals surface area contributed by atoms with Crippen LogP contribution in [-0.2, 0) is 11.8 Å². The lowest BCUT2D eigenvalue weighted by atomic mass is 10.1. The van der Waals surface area contributed by atoms with Gasteiger partial charge in [0.25, 0.3) is 0 Å². The summed E-state index contributed by atoms with van der Waals surface area (Å²) in [6, 6.07) is 0. The number of hydrogen-bond donors (Lipinski definition) is 5. The van der Waals surface area contributed by atoms with Crippen LogP contribution in [0.1, 0.15) is 6.23 Å². The highest BCUT2D eigenvalue weighted by atomic mass is 32.1. The number of hydrogen-bond acceptors (Lipinski definition) is 8. The Balaban J connectivity index is 2.22. The molecule has 3 heterocycles. The van der Waals surface area contributed by atoms with E-state index in [9.17, 15) is 15.0 Å². The van der Waals surface area contributed by atoms with Gasteiger partial charge in [0.2, 0.25) is 5.95 Å². The molecule has 0 saturated carbocycles. The maximum atomic E-state index is 12.2. The van der Waals surface area contributed by atoms with E-state index in [1.54, 1.807) is 7.05 Å². The van der Waals surface area contributed by atoms with Crippen molar-refractivity contribution in [2.75, 3.05) is 12.3 Å². The fourth-order valence-electron chi connectivity index (χ4n) is 2.48. The number of rotatable bonds is 2. The van der Waals surface area contributed by atoms with E-state index in [1.165, 1.54) is 4.57 Å². The second-order valence-electron chi connectivity index (χ2n) is 5.06. The Morgan fingerprint density at radius 1 is 1.45 bits per heavy atom. The molecule has 120 valence electrons. The molecule has 1 aliphatic heterocycles. The normalized spacial score (nSPS) is 28.5. The predicted octanol–water partition coefficient (Wildman–Crippen LogP) is -2.01. The average Bonchev–Trinajstić information content (AvgIpc) is 2.95. The van der Waals surface area contributed by atoms with Crippen molar-refractivity contribution in [2.45, 2.75) is 24.5 Å². The molecule has 0 unspecified atom stereocenters. The number of H-pyrrole nitrogens is 1. The van der Waals surface area contributed by atoms with E-state index in [0.717, 1.165) is 4.57 Å². The molecular formula is C11H15N5O5S. The minimum absolute atomic E-state index is 0.0805. The second kappa shape index (κ2) is 5.14. The average molecular weight is 329 g/mol. The summed E-state index contributed by atoms with van der Waals surface area (Å²) in [7, 11) is 1.60. The number of aromatic nitrogens is 4. The van der Waals surface area contributed by atoms with Gasteiger partial charge < -0.3 is 35.3 Å². The van der Waals surface area contributed by atoms with E-state index in [-0.39, 0.29) is 21.8 Å². The molecule has 1 fully saturated rings. The molecule has 3 rings (SSSR count). The number of aliphatic hydroxyl groups excluding tert-OH is 3. The van der Waals surface area contributed by atoms with Crippen LogP contribution in [-0.4, -0.2) is 59.3 Å². The van der Waals surface area contributed by atoms with E-state index in [1.807, 2.05) is 0 Å². The highest BCUT2D eigenvalue weighted by molar-refractivity contribution is 7.71. The van der Waals surface area contributed by atoms with Crippen molar-refractivity contribution in [2.24, 2.45) is 7.05 Å². The van der Waals surface area contributed by atoms with Crippen molar-refractivity contribution in [3.8, 4) is 0 Å². The molecule has 10 nitrogen and oxygen atoms in total. The third-order valence-electron chi connectivity index (χ3n) is 3.76. The number of nitrogen functional groups attached to an aromatic ring is 1. The van der Waals surface area contributed by atoms with Gasteiger partial charge in [0, 0.05) is 7.05 Å². The molecule has 11 heteroatoms. The van der Waals surface area contributed by atoms with E-state index in [0.29, 0.717) is 0 Å². The van der Waals surface area contributed by atoms with E-state index < -0.39 is 36.8 Å². The Kier molecular flexibility index (Phi) is 3.53. The second-order valence-corrected chi connectivity index (χ2v) is 5.45. The first-order valence-corrected chi connectivity index (χ1v) is 6.86. The molecule has 1 aliphatic rings. The minimum atomic E-state index is -1.40. The predicted molar refractivity (Wildman–Crippen MR) is 77.6 cm³/mol. The maximum absolute atomic E-state index is 12.2. The van der Waals surface area contributed by atoms with Gasteiger partial charge in [-0.05, 0) is 0 Å². The first-order chi connectivity index (χ1) is 10.4. The van der Waals surface area contributed by atoms with Gasteiger partial charge in [-0.25, -0.2) is 9.36 Å². The standard InChI is InChI=1S/C11H15N5O5S/c1-15-9(22)4-7(14-10(15)12)16(11(20)13-4)8-6(19)5(18)3(2-17)21-8/h3,5-6,8,17-19H,2H2,1H3,(H2,12,14)(H,13,20)/t3-,5+,6+,8-/m0/s1. The fraction of sp³-hybridized carbons (Fsp3) is 0.545. The van der Waals surface area contributed by atoms with E-state index in [2.05, 4.69) is 9.97 Å². The van der Waals surface area contributed by atoms with Crippen molar-refractivity contribution in [1.82, 2.24) is 19.1 Å². The van der Waals surface area contributed by atoms with Crippen LogP contribution in [0.15, 0.2) is 4.79 Å². The van der Waals surface area contributed by atoms with Crippen LogP contribution >= 0.6 is 12.2 Å². The molecule has 0 radical (unpaired) electrons. The molecule has 1 saturated heterocycles. The van der Waals surface area contributed by atoms with Gasteiger partial charge in [-0.15, -0.1) is 0 Å². The van der Waals surface area contributed by atoms with Crippen molar-refractivity contribution in [1.29, 1.82) is 0 Å². The number of fused-ring (bicyclic) bond motifs is 1. The zero-order chi connectivity index (χ0) is 16.2. The van der Waals surface area contributed by atoms with Gasteiger partial charge in [-0.3, -0.25) is 0 Å². The van der Waals surface area contributed by atoms with Gasteiger partial charge in [0.05, 0.1) is 6.61 Å². The van der Waals surface area contributed by atoms with Crippen molar-refractivity contribution >= 4 is 29.3 Å². The monoisotopic (exact) mass is 329 g/mol. The molecule has 4 atom stereocenters. The summed E-state index contributed by atoms with van der Waals surface area (Å²) in [4.78, 5) is 18.8. The third kappa shape index (κ3) is 1.98. The van der Waals surface area contributed by atoms with E-state index in [4.69, 9.17) is 27.8 Å². The van der Waals surface area contributed by atoms with Crippen LogP contribution in [0.2, 0.25) is 0 Å². The van der Waals surface area contributed by atoms with Crippen LogP contribution in [0.25, 0.3) is 11.2 Å². The lowest BCUT2D eigenvalue weighted by molar-refractivity contribution is -0.0524. The lowest BCUT2D eigenvalue weighted by Gasteiger charge is -2.16. The molecule has 2 aromatic rings.